The summed E-state index contributed by atoms with van der Waals surface area (Å²) in [6, 6.07) is 0.0457. The highest BCUT2D eigenvalue weighted by atomic mass is 32.2. The highest BCUT2D eigenvalue weighted by Crippen LogP contribution is 2.24. The van der Waals surface area contributed by atoms with Gasteiger partial charge in [0.15, 0.2) is 0 Å². The summed E-state index contributed by atoms with van der Waals surface area (Å²) in [5, 5.41) is 4.13. The van der Waals surface area contributed by atoms with Crippen LogP contribution in [0.5, 0.6) is 0 Å². The van der Waals surface area contributed by atoms with Crippen LogP contribution >= 0.6 is 23.5 Å². The number of hydrogen-bond donors (Lipinski definition) is 2. The lowest BCUT2D eigenvalue weighted by Crippen LogP contribution is -2.34. The number of thioether (sulfide) groups is 2. The zero-order valence-electron chi connectivity index (χ0n) is 11.7. The van der Waals surface area contributed by atoms with Gasteiger partial charge in [0.05, 0.1) is 5.56 Å². The number of nitrogens with one attached hydrogen (secondary N) is 2. The molecule has 1 aromatic rings. The average Bonchev–Trinajstić information content (AvgIpc) is 2.36. The van der Waals surface area contributed by atoms with Crippen molar-refractivity contribution in [3.63, 3.8) is 0 Å². The monoisotopic (exact) mass is 299 g/mol. The number of nitrogens with zero attached hydrogens (tertiary/aromatic N) is 1. The number of rotatable bonds is 4. The van der Waals surface area contributed by atoms with Crippen LogP contribution in [0.4, 0.5) is 0 Å². The summed E-state index contributed by atoms with van der Waals surface area (Å²) in [6.45, 7) is 6.70. The molecule has 6 heteroatoms. The van der Waals surface area contributed by atoms with Crippen LogP contribution < -0.4 is 10.9 Å². The largest absolute Gasteiger partial charge is 0.310 e. The van der Waals surface area contributed by atoms with Gasteiger partial charge in [-0.15, -0.1) is 0 Å². The molecule has 0 aromatic carbocycles. The number of hydrogen-bond acceptors (Lipinski definition) is 5. The molecule has 2 rings (SSSR count). The van der Waals surface area contributed by atoms with Crippen molar-refractivity contribution in [3.05, 3.63) is 27.4 Å². The van der Waals surface area contributed by atoms with Crippen LogP contribution in [-0.2, 0) is 0 Å². The van der Waals surface area contributed by atoms with Crippen molar-refractivity contribution in [2.75, 3.05) is 23.8 Å². The molecule has 1 saturated heterocycles. The van der Waals surface area contributed by atoms with E-state index >= 15 is 0 Å². The third kappa shape index (κ3) is 4.00. The molecule has 2 unspecified atom stereocenters. The number of aromatic amines is 1. The first kappa shape index (κ1) is 14.9. The quantitative estimate of drug-likeness (QED) is 0.889. The van der Waals surface area contributed by atoms with Gasteiger partial charge in [-0.25, -0.2) is 4.98 Å². The normalized spacial score (nSPS) is 21.3. The number of aryl methyl sites for hydroxylation is 2. The lowest BCUT2D eigenvalue weighted by Gasteiger charge is -2.23. The van der Waals surface area contributed by atoms with Gasteiger partial charge in [-0.1, -0.05) is 0 Å². The van der Waals surface area contributed by atoms with E-state index < -0.39 is 0 Å². The standard InChI is InChI=1S/C13H21N3OS2/c1-8(14-6-11-7-18-4-5-19-11)12-9(2)15-10(3)16-13(12)17/h8,11,14H,4-7H2,1-3H3,(H,15,16,17). The van der Waals surface area contributed by atoms with E-state index in [2.05, 4.69) is 15.3 Å². The second-order valence-electron chi connectivity index (χ2n) is 4.85. The Morgan fingerprint density at radius 3 is 2.89 bits per heavy atom. The Labute approximate surface area is 122 Å². The van der Waals surface area contributed by atoms with Crippen LogP contribution in [0.2, 0.25) is 0 Å². The molecule has 1 aliphatic rings. The van der Waals surface area contributed by atoms with Gasteiger partial charge in [0.1, 0.15) is 5.82 Å². The van der Waals surface area contributed by atoms with Crippen LogP contribution in [0, 0.1) is 13.8 Å². The molecule has 0 bridgehead atoms. The molecule has 0 spiro atoms. The van der Waals surface area contributed by atoms with Crippen LogP contribution in [0.1, 0.15) is 30.0 Å². The number of H-pyrrole nitrogens is 1. The van der Waals surface area contributed by atoms with Crippen molar-refractivity contribution in [2.24, 2.45) is 0 Å². The third-order valence-electron chi connectivity index (χ3n) is 3.23. The Balaban J connectivity index is 1.99. The maximum atomic E-state index is 12.0. The Hall–Kier alpha value is -0.460. The van der Waals surface area contributed by atoms with Crippen molar-refractivity contribution in [3.8, 4) is 0 Å². The molecule has 1 aromatic heterocycles. The van der Waals surface area contributed by atoms with E-state index in [1.807, 2.05) is 44.3 Å². The third-order valence-corrected chi connectivity index (χ3v) is 6.08. The first-order valence-electron chi connectivity index (χ1n) is 6.58. The van der Waals surface area contributed by atoms with E-state index in [1.54, 1.807) is 0 Å². The summed E-state index contributed by atoms with van der Waals surface area (Å²) in [7, 11) is 0. The summed E-state index contributed by atoms with van der Waals surface area (Å²) in [6.07, 6.45) is 0. The minimum Gasteiger partial charge on any atom is -0.310 e. The van der Waals surface area contributed by atoms with E-state index in [0.29, 0.717) is 11.1 Å². The fraction of sp³-hybridized carbons (Fsp3) is 0.692. The Bertz CT molecular complexity index is 483. The van der Waals surface area contributed by atoms with Gasteiger partial charge in [-0.3, -0.25) is 4.79 Å². The molecule has 19 heavy (non-hydrogen) atoms. The molecule has 0 aliphatic carbocycles. The average molecular weight is 299 g/mol. The van der Waals surface area contributed by atoms with Crippen LogP contribution in [-0.4, -0.2) is 39.0 Å². The SMILES string of the molecule is Cc1nc(C)c(C(C)NCC2CSCCS2)c(=O)[nH]1. The van der Waals surface area contributed by atoms with E-state index in [4.69, 9.17) is 0 Å². The summed E-state index contributed by atoms with van der Waals surface area (Å²) >= 11 is 4.04. The van der Waals surface area contributed by atoms with Gasteiger partial charge in [0.2, 0.25) is 0 Å². The molecule has 0 amide bonds. The molecular weight excluding hydrogens is 278 g/mol. The topological polar surface area (TPSA) is 57.8 Å². The van der Waals surface area contributed by atoms with Gasteiger partial charge in [0, 0.05) is 40.8 Å². The zero-order chi connectivity index (χ0) is 13.8. The van der Waals surface area contributed by atoms with Crippen molar-refractivity contribution in [2.45, 2.75) is 32.1 Å². The second kappa shape index (κ2) is 6.81. The van der Waals surface area contributed by atoms with Crippen LogP contribution in [0.25, 0.3) is 0 Å². The van der Waals surface area contributed by atoms with E-state index in [1.165, 1.54) is 17.3 Å². The van der Waals surface area contributed by atoms with Gasteiger partial charge in [0.25, 0.3) is 5.56 Å². The molecule has 4 nitrogen and oxygen atoms in total. The Morgan fingerprint density at radius 2 is 2.26 bits per heavy atom. The van der Waals surface area contributed by atoms with Crippen molar-refractivity contribution >= 4 is 23.5 Å². The Kier molecular flexibility index (Phi) is 5.36. The van der Waals surface area contributed by atoms with Crippen LogP contribution in [0.3, 0.4) is 0 Å². The summed E-state index contributed by atoms with van der Waals surface area (Å²) in [5.41, 5.74) is 1.57. The van der Waals surface area contributed by atoms with E-state index in [9.17, 15) is 4.79 Å². The minimum atomic E-state index is -0.0179. The smallest absolute Gasteiger partial charge is 0.255 e. The zero-order valence-corrected chi connectivity index (χ0v) is 13.3. The molecule has 106 valence electrons. The fourth-order valence-electron chi connectivity index (χ4n) is 2.31. The van der Waals surface area contributed by atoms with E-state index in [-0.39, 0.29) is 11.6 Å². The molecule has 0 saturated carbocycles. The summed E-state index contributed by atoms with van der Waals surface area (Å²) in [5.74, 6) is 4.37. The lowest BCUT2D eigenvalue weighted by atomic mass is 10.1. The maximum absolute atomic E-state index is 12.0. The van der Waals surface area contributed by atoms with Crippen LogP contribution in [0.15, 0.2) is 4.79 Å². The fourth-order valence-corrected chi connectivity index (χ4v) is 4.94. The van der Waals surface area contributed by atoms with Gasteiger partial charge < -0.3 is 10.3 Å². The van der Waals surface area contributed by atoms with Gasteiger partial charge >= 0.3 is 0 Å². The van der Waals surface area contributed by atoms with Gasteiger partial charge in [-0.05, 0) is 20.8 Å². The second-order valence-corrected chi connectivity index (χ2v) is 7.41. The van der Waals surface area contributed by atoms with Crippen molar-refractivity contribution in [1.29, 1.82) is 0 Å². The highest BCUT2D eigenvalue weighted by molar-refractivity contribution is 8.06. The Morgan fingerprint density at radius 1 is 1.47 bits per heavy atom. The predicted octanol–water partition coefficient (Wildman–Crippen LogP) is 1.89. The lowest BCUT2D eigenvalue weighted by molar-refractivity contribution is 0.565. The molecular formula is C13H21N3OS2. The molecule has 1 fully saturated rings. The molecule has 2 N–H and O–H groups in total. The van der Waals surface area contributed by atoms with E-state index in [0.717, 1.165) is 17.8 Å². The molecule has 0 radical (unpaired) electrons. The summed E-state index contributed by atoms with van der Waals surface area (Å²) < 4.78 is 0. The number of aromatic nitrogens is 2. The minimum absolute atomic E-state index is 0.0179. The van der Waals surface area contributed by atoms with Gasteiger partial charge in [-0.2, -0.15) is 23.5 Å². The molecule has 1 aliphatic heterocycles. The molecule has 2 heterocycles. The first-order chi connectivity index (χ1) is 9.08. The maximum Gasteiger partial charge on any atom is 0.255 e. The van der Waals surface area contributed by atoms with Crippen molar-refractivity contribution in [1.82, 2.24) is 15.3 Å². The summed E-state index contributed by atoms with van der Waals surface area (Å²) in [4.78, 5) is 19.1. The molecule has 2 atom stereocenters. The van der Waals surface area contributed by atoms with Crippen molar-refractivity contribution < 1.29 is 0 Å². The predicted molar refractivity (Wildman–Crippen MR) is 84.3 cm³/mol. The first-order valence-corrected chi connectivity index (χ1v) is 8.78. The highest BCUT2D eigenvalue weighted by Gasteiger charge is 2.18.